The summed E-state index contributed by atoms with van der Waals surface area (Å²) in [5.74, 6) is -0.550. The van der Waals surface area contributed by atoms with Crippen molar-refractivity contribution < 1.29 is 19.1 Å². The van der Waals surface area contributed by atoms with Crippen LogP contribution in [0.5, 0.6) is 5.75 Å². The zero-order valence-electron chi connectivity index (χ0n) is 18.7. The highest BCUT2D eigenvalue weighted by molar-refractivity contribution is 6.31. The van der Waals surface area contributed by atoms with Crippen LogP contribution in [0.1, 0.15) is 12.0 Å². The van der Waals surface area contributed by atoms with Crippen LogP contribution in [0.2, 0.25) is 10.0 Å². The molecule has 0 aliphatic carbocycles. The van der Waals surface area contributed by atoms with Crippen LogP contribution in [-0.2, 0) is 20.9 Å². The molecule has 0 aromatic heterocycles. The van der Waals surface area contributed by atoms with Crippen LogP contribution >= 0.6 is 23.2 Å². The zero-order valence-corrected chi connectivity index (χ0v) is 20.2. The maximum absolute atomic E-state index is 12.6. The molecule has 3 amide bonds. The van der Waals surface area contributed by atoms with Gasteiger partial charge in [0.2, 0.25) is 11.8 Å². The molecule has 1 aliphatic heterocycles. The van der Waals surface area contributed by atoms with Crippen LogP contribution in [0.15, 0.2) is 72.8 Å². The van der Waals surface area contributed by atoms with Crippen molar-refractivity contribution in [2.24, 2.45) is 5.92 Å². The van der Waals surface area contributed by atoms with Gasteiger partial charge in [-0.2, -0.15) is 0 Å². The van der Waals surface area contributed by atoms with E-state index in [4.69, 9.17) is 27.9 Å². The minimum absolute atomic E-state index is 0.119. The van der Waals surface area contributed by atoms with Crippen molar-refractivity contribution in [3.63, 3.8) is 0 Å². The molecule has 1 atom stereocenters. The quantitative estimate of drug-likeness (QED) is 0.459. The first-order valence-electron chi connectivity index (χ1n) is 11.0. The fraction of sp³-hybridized carbons (Fsp3) is 0.192. The van der Waals surface area contributed by atoms with E-state index in [9.17, 15) is 14.4 Å². The lowest BCUT2D eigenvalue weighted by Gasteiger charge is -2.17. The van der Waals surface area contributed by atoms with Gasteiger partial charge in [-0.25, -0.2) is 0 Å². The number of amides is 3. The Kier molecular flexibility index (Phi) is 7.90. The van der Waals surface area contributed by atoms with Gasteiger partial charge in [0.05, 0.1) is 5.92 Å². The summed E-state index contributed by atoms with van der Waals surface area (Å²) in [4.78, 5) is 38.8. The molecule has 4 rings (SSSR count). The van der Waals surface area contributed by atoms with Gasteiger partial charge in [-0.15, -0.1) is 0 Å². The van der Waals surface area contributed by atoms with Crippen LogP contribution in [0, 0.1) is 5.92 Å². The molecule has 1 aliphatic rings. The van der Waals surface area contributed by atoms with E-state index in [-0.39, 0.29) is 30.7 Å². The lowest BCUT2D eigenvalue weighted by molar-refractivity contribution is -0.126. The molecule has 9 heteroatoms. The molecule has 0 radical (unpaired) electrons. The van der Waals surface area contributed by atoms with Gasteiger partial charge in [-0.3, -0.25) is 14.4 Å². The molecule has 1 fully saturated rings. The minimum atomic E-state index is -0.430. The fourth-order valence-corrected chi connectivity index (χ4v) is 4.02. The largest absolute Gasteiger partial charge is 0.484 e. The molecule has 1 saturated heterocycles. The average molecular weight is 512 g/mol. The molecule has 0 saturated carbocycles. The maximum atomic E-state index is 12.6. The summed E-state index contributed by atoms with van der Waals surface area (Å²) in [7, 11) is 0. The van der Waals surface area contributed by atoms with Crippen LogP contribution in [0.25, 0.3) is 0 Å². The Morgan fingerprint density at radius 3 is 2.43 bits per heavy atom. The highest BCUT2D eigenvalue weighted by Crippen LogP contribution is 2.27. The molecule has 1 heterocycles. The van der Waals surface area contributed by atoms with E-state index in [1.165, 1.54) is 0 Å². The Labute approximate surface area is 213 Å². The van der Waals surface area contributed by atoms with E-state index in [1.807, 2.05) is 12.1 Å². The topological polar surface area (TPSA) is 87.7 Å². The first kappa shape index (κ1) is 24.6. The summed E-state index contributed by atoms with van der Waals surface area (Å²) in [5.41, 5.74) is 2.18. The lowest BCUT2D eigenvalue weighted by Crippen LogP contribution is -2.32. The highest BCUT2D eigenvalue weighted by atomic mass is 35.5. The van der Waals surface area contributed by atoms with E-state index in [0.29, 0.717) is 40.3 Å². The fourth-order valence-electron chi connectivity index (χ4n) is 3.70. The zero-order chi connectivity index (χ0) is 24.8. The number of hydrogen-bond acceptors (Lipinski definition) is 4. The van der Waals surface area contributed by atoms with Crippen LogP contribution < -0.4 is 20.3 Å². The molecule has 2 N–H and O–H groups in total. The van der Waals surface area contributed by atoms with E-state index in [1.54, 1.807) is 65.6 Å². The molecular weight excluding hydrogens is 489 g/mol. The molecule has 0 unspecified atom stereocenters. The summed E-state index contributed by atoms with van der Waals surface area (Å²) >= 11 is 11.8. The third-order valence-corrected chi connectivity index (χ3v) is 5.99. The Hall–Kier alpha value is -3.55. The molecule has 180 valence electrons. The molecule has 0 bridgehead atoms. The summed E-state index contributed by atoms with van der Waals surface area (Å²) in [6.07, 6.45) is 0.147. The van der Waals surface area contributed by atoms with Crippen molar-refractivity contribution in [2.45, 2.75) is 13.0 Å². The number of ether oxygens (including phenoxy) is 1. The monoisotopic (exact) mass is 511 g/mol. The number of nitrogens with zero attached hydrogens (tertiary/aromatic N) is 1. The second-order valence-corrected chi connectivity index (χ2v) is 8.96. The molecule has 35 heavy (non-hydrogen) atoms. The highest BCUT2D eigenvalue weighted by Gasteiger charge is 2.35. The summed E-state index contributed by atoms with van der Waals surface area (Å²) in [5, 5.41) is 6.75. The third-order valence-electron chi connectivity index (χ3n) is 5.50. The van der Waals surface area contributed by atoms with Gasteiger partial charge < -0.3 is 20.3 Å². The van der Waals surface area contributed by atoms with Gasteiger partial charge in [-0.05, 0) is 60.2 Å². The van der Waals surface area contributed by atoms with Crippen LogP contribution in [-0.4, -0.2) is 30.9 Å². The maximum Gasteiger partial charge on any atom is 0.262 e. The number of anilines is 2. The smallest absolute Gasteiger partial charge is 0.262 e. The Bertz CT molecular complexity index is 1220. The number of halogens is 2. The first-order chi connectivity index (χ1) is 16.9. The van der Waals surface area contributed by atoms with Crippen LogP contribution in [0.4, 0.5) is 11.4 Å². The molecular formula is C26H23Cl2N3O4. The van der Waals surface area contributed by atoms with E-state index < -0.39 is 5.92 Å². The summed E-state index contributed by atoms with van der Waals surface area (Å²) in [6.45, 7) is 0.496. The normalized spacial score (nSPS) is 15.1. The Morgan fingerprint density at radius 1 is 0.971 bits per heavy atom. The number of hydrogen-bond donors (Lipinski definition) is 2. The second kappa shape index (κ2) is 11.3. The van der Waals surface area contributed by atoms with Gasteiger partial charge in [0.15, 0.2) is 6.61 Å². The summed E-state index contributed by atoms with van der Waals surface area (Å²) < 4.78 is 5.53. The van der Waals surface area contributed by atoms with E-state index in [2.05, 4.69) is 10.6 Å². The Balaban J connectivity index is 1.26. The Morgan fingerprint density at radius 2 is 1.71 bits per heavy atom. The van der Waals surface area contributed by atoms with E-state index in [0.717, 1.165) is 5.56 Å². The first-order valence-corrected chi connectivity index (χ1v) is 11.7. The van der Waals surface area contributed by atoms with E-state index >= 15 is 0 Å². The number of nitrogens with one attached hydrogen (secondary N) is 2. The van der Waals surface area contributed by atoms with Gasteiger partial charge in [0.25, 0.3) is 5.91 Å². The van der Waals surface area contributed by atoms with Crippen molar-refractivity contribution in [2.75, 3.05) is 23.4 Å². The second-order valence-electron chi connectivity index (χ2n) is 8.09. The van der Waals surface area contributed by atoms with Gasteiger partial charge in [-0.1, -0.05) is 41.4 Å². The molecule has 0 spiro atoms. The lowest BCUT2D eigenvalue weighted by atomic mass is 10.1. The van der Waals surface area contributed by atoms with Crippen LogP contribution in [0.3, 0.4) is 0 Å². The predicted molar refractivity (Wildman–Crippen MR) is 136 cm³/mol. The summed E-state index contributed by atoms with van der Waals surface area (Å²) in [6, 6.07) is 20.9. The van der Waals surface area contributed by atoms with Crippen molar-refractivity contribution in [1.29, 1.82) is 0 Å². The standard InChI is InChI=1S/C26H23Cl2N3O4/c27-19-6-4-17(5-7-19)14-29-26(34)18-12-25(33)31(15-18)22-8-10-23(11-9-22)35-16-24(32)30-21-3-1-2-20(28)13-21/h1-11,13,18H,12,14-16H2,(H,29,34)(H,30,32)/t18-/m1/s1. The van der Waals surface area contributed by atoms with Crippen molar-refractivity contribution in [1.82, 2.24) is 5.32 Å². The third kappa shape index (κ3) is 6.74. The SMILES string of the molecule is O=C(COc1ccc(N2C[C@H](C(=O)NCc3ccc(Cl)cc3)CC2=O)cc1)Nc1cccc(Cl)c1. The average Bonchev–Trinajstić information content (AvgIpc) is 3.24. The van der Waals surface area contributed by atoms with Gasteiger partial charge >= 0.3 is 0 Å². The van der Waals surface area contributed by atoms with Crippen molar-refractivity contribution in [3.05, 3.63) is 88.4 Å². The van der Waals surface area contributed by atoms with Crippen molar-refractivity contribution >= 4 is 52.3 Å². The van der Waals surface area contributed by atoms with Crippen molar-refractivity contribution in [3.8, 4) is 5.75 Å². The molecule has 3 aromatic rings. The molecule has 3 aromatic carbocycles. The number of carbonyl (C=O) groups excluding carboxylic acids is 3. The minimum Gasteiger partial charge on any atom is -0.484 e. The number of rotatable bonds is 8. The molecule has 7 nitrogen and oxygen atoms in total. The van der Waals surface area contributed by atoms with Gasteiger partial charge in [0, 0.05) is 40.9 Å². The number of benzene rings is 3. The van der Waals surface area contributed by atoms with Gasteiger partial charge in [0.1, 0.15) is 5.75 Å². The number of carbonyl (C=O) groups is 3. The predicted octanol–water partition coefficient (Wildman–Crippen LogP) is 4.68.